The van der Waals surface area contributed by atoms with Gasteiger partial charge in [0, 0.05) is 17.1 Å². The van der Waals surface area contributed by atoms with Crippen LogP contribution in [0.5, 0.6) is 0 Å². The van der Waals surface area contributed by atoms with E-state index in [4.69, 9.17) is 0 Å². The van der Waals surface area contributed by atoms with Gasteiger partial charge in [-0.05, 0) is 84.9 Å². The van der Waals surface area contributed by atoms with E-state index in [2.05, 4.69) is 152 Å². The van der Waals surface area contributed by atoms with Gasteiger partial charge >= 0.3 is 0 Å². The number of hydrogen-bond donors (Lipinski definition) is 0. The molecule has 1 aliphatic rings. The van der Waals surface area contributed by atoms with Crippen molar-refractivity contribution in [2.75, 3.05) is 4.90 Å². The van der Waals surface area contributed by atoms with Gasteiger partial charge in [-0.3, -0.25) is 0 Å². The molecule has 0 spiro atoms. The molecule has 0 bridgehead atoms. The Balaban J connectivity index is 0.000000384. The van der Waals surface area contributed by atoms with E-state index >= 15 is 0 Å². The molecule has 0 radical (unpaired) electrons. The van der Waals surface area contributed by atoms with Crippen LogP contribution in [0, 0.1) is 13.8 Å². The number of aryl methyl sites for hydroxylation is 2. The normalized spacial score (nSPS) is 12.5. The Kier molecular flexibility index (Phi) is 8.51. The van der Waals surface area contributed by atoms with Crippen molar-refractivity contribution in [1.29, 1.82) is 0 Å². The molecule has 0 amide bonds. The first-order valence-corrected chi connectivity index (χ1v) is 13.7. The van der Waals surface area contributed by atoms with Gasteiger partial charge in [0.15, 0.2) is 0 Å². The lowest BCUT2D eigenvalue weighted by Gasteiger charge is -2.30. The summed E-state index contributed by atoms with van der Waals surface area (Å²) in [7, 11) is 0. The van der Waals surface area contributed by atoms with Crippen molar-refractivity contribution in [1.82, 2.24) is 0 Å². The highest BCUT2D eigenvalue weighted by Crippen LogP contribution is 2.37. The summed E-state index contributed by atoms with van der Waals surface area (Å²) < 4.78 is 0. The van der Waals surface area contributed by atoms with Crippen LogP contribution in [0.4, 0.5) is 11.4 Å². The third-order valence-corrected chi connectivity index (χ3v) is 6.99. The summed E-state index contributed by atoms with van der Waals surface area (Å²) >= 11 is 0. The van der Waals surface area contributed by atoms with E-state index in [1.165, 1.54) is 50.5 Å². The largest absolute Gasteiger partial charge is 0.314 e. The van der Waals surface area contributed by atoms with E-state index in [1.54, 1.807) is 0 Å². The second-order valence-corrected chi connectivity index (χ2v) is 9.96. The fourth-order valence-electron chi connectivity index (χ4n) is 4.92. The molecular weight excluding hydrogens is 470 g/mol. The molecular formula is C38H35N. The van der Waals surface area contributed by atoms with Crippen molar-refractivity contribution < 1.29 is 0 Å². The predicted octanol–water partition coefficient (Wildman–Crippen LogP) is 10.6. The van der Waals surface area contributed by atoms with Crippen LogP contribution < -0.4 is 4.90 Å². The smallest absolute Gasteiger partial charge is 0.0461 e. The monoisotopic (exact) mass is 505 g/mol. The molecule has 39 heavy (non-hydrogen) atoms. The molecule has 0 atom stereocenters. The number of hydrogen-bond acceptors (Lipinski definition) is 1. The van der Waals surface area contributed by atoms with Crippen LogP contribution in [-0.4, -0.2) is 0 Å². The molecule has 0 N–H and O–H groups in total. The minimum absolute atomic E-state index is 1.01. The lowest BCUT2D eigenvalue weighted by molar-refractivity contribution is 0.929. The van der Waals surface area contributed by atoms with Gasteiger partial charge in [0.2, 0.25) is 0 Å². The highest BCUT2D eigenvalue weighted by molar-refractivity contribution is 5.75. The van der Waals surface area contributed by atoms with Crippen molar-refractivity contribution in [3.63, 3.8) is 0 Å². The molecule has 1 heteroatoms. The van der Waals surface area contributed by atoms with Crippen LogP contribution >= 0.6 is 0 Å². The minimum Gasteiger partial charge on any atom is -0.314 e. The summed E-state index contributed by atoms with van der Waals surface area (Å²) in [5.74, 6) is 0. The van der Waals surface area contributed by atoms with Crippen molar-refractivity contribution in [2.24, 2.45) is 0 Å². The SMILES string of the molecule is Cc1cccc(N(C2=CC=C(c3ccccc3)CC2)c2ccc(-c3ccccc3)cc2)c1.Cc1ccccc1. The van der Waals surface area contributed by atoms with Gasteiger partial charge in [0.25, 0.3) is 0 Å². The third-order valence-electron chi connectivity index (χ3n) is 6.99. The fourth-order valence-corrected chi connectivity index (χ4v) is 4.92. The number of benzene rings is 5. The second-order valence-electron chi connectivity index (χ2n) is 9.96. The van der Waals surface area contributed by atoms with Gasteiger partial charge in [-0.15, -0.1) is 0 Å². The van der Waals surface area contributed by atoms with Crippen LogP contribution in [0.15, 0.2) is 157 Å². The van der Waals surface area contributed by atoms with E-state index in [9.17, 15) is 0 Å². The molecule has 1 nitrogen and oxygen atoms in total. The lowest BCUT2D eigenvalue weighted by atomic mass is 9.95. The van der Waals surface area contributed by atoms with Crippen LogP contribution in [0.3, 0.4) is 0 Å². The summed E-state index contributed by atoms with van der Waals surface area (Å²) in [6, 6.07) is 49.2. The van der Waals surface area contributed by atoms with Crippen molar-refractivity contribution in [3.05, 3.63) is 174 Å². The Morgan fingerprint density at radius 2 is 1.00 bits per heavy atom. The molecule has 192 valence electrons. The lowest BCUT2D eigenvalue weighted by Crippen LogP contribution is -2.18. The fraction of sp³-hybridized carbons (Fsp3) is 0.105. The Morgan fingerprint density at radius 1 is 0.436 bits per heavy atom. The average Bonchev–Trinajstić information content (AvgIpc) is 3.00. The van der Waals surface area contributed by atoms with E-state index in [0.717, 1.165) is 12.8 Å². The molecule has 0 saturated heterocycles. The van der Waals surface area contributed by atoms with Crippen LogP contribution in [0.2, 0.25) is 0 Å². The van der Waals surface area contributed by atoms with Crippen molar-refractivity contribution in [3.8, 4) is 11.1 Å². The van der Waals surface area contributed by atoms with E-state index in [-0.39, 0.29) is 0 Å². The zero-order valence-electron chi connectivity index (χ0n) is 22.8. The summed E-state index contributed by atoms with van der Waals surface area (Å²) in [5.41, 5.74) is 11.5. The molecule has 0 saturated carbocycles. The molecule has 0 aromatic heterocycles. The summed E-state index contributed by atoms with van der Waals surface area (Å²) in [6.07, 6.45) is 6.63. The third kappa shape index (κ3) is 6.83. The molecule has 6 rings (SSSR count). The minimum atomic E-state index is 1.01. The predicted molar refractivity (Wildman–Crippen MR) is 168 cm³/mol. The number of anilines is 2. The van der Waals surface area contributed by atoms with Gasteiger partial charge in [0.1, 0.15) is 0 Å². The Hall–Kier alpha value is -4.62. The van der Waals surface area contributed by atoms with Gasteiger partial charge < -0.3 is 4.90 Å². The standard InChI is InChI=1S/C31H27N.C7H8/c1-24-9-8-14-31(23-24)32(29-19-15-27(16-20-29)25-10-4-2-5-11-25)30-21-17-28(18-22-30)26-12-6-3-7-13-26;1-7-5-3-2-4-6-7/h2-17,19-21,23H,18,22H2,1H3;2-6H,1H3. The van der Waals surface area contributed by atoms with Gasteiger partial charge in [-0.1, -0.05) is 127 Å². The first kappa shape index (κ1) is 26.0. The van der Waals surface area contributed by atoms with Gasteiger partial charge in [0.05, 0.1) is 0 Å². The average molecular weight is 506 g/mol. The van der Waals surface area contributed by atoms with E-state index in [0.29, 0.717) is 0 Å². The molecule has 5 aromatic carbocycles. The highest BCUT2D eigenvalue weighted by Gasteiger charge is 2.18. The number of nitrogens with zero attached hydrogens (tertiary/aromatic N) is 1. The first-order valence-electron chi connectivity index (χ1n) is 13.7. The van der Waals surface area contributed by atoms with Crippen LogP contribution in [0.1, 0.15) is 29.5 Å². The maximum atomic E-state index is 2.40. The Bertz CT molecular complexity index is 1530. The number of rotatable bonds is 5. The van der Waals surface area contributed by atoms with Crippen LogP contribution in [-0.2, 0) is 0 Å². The van der Waals surface area contributed by atoms with E-state index in [1.807, 2.05) is 18.2 Å². The Labute approximate surface area is 233 Å². The summed E-state index contributed by atoms with van der Waals surface area (Å²) in [6.45, 7) is 4.24. The molecule has 0 fully saturated rings. The molecule has 5 aromatic rings. The van der Waals surface area contributed by atoms with Crippen molar-refractivity contribution >= 4 is 16.9 Å². The quantitative estimate of drug-likeness (QED) is 0.230. The zero-order valence-corrected chi connectivity index (χ0v) is 22.8. The van der Waals surface area contributed by atoms with E-state index < -0.39 is 0 Å². The van der Waals surface area contributed by atoms with Gasteiger partial charge in [-0.2, -0.15) is 0 Å². The summed E-state index contributed by atoms with van der Waals surface area (Å²) in [4.78, 5) is 2.40. The Morgan fingerprint density at radius 3 is 1.54 bits per heavy atom. The maximum absolute atomic E-state index is 2.40. The molecule has 0 heterocycles. The summed E-state index contributed by atoms with van der Waals surface area (Å²) in [5, 5.41) is 0. The van der Waals surface area contributed by atoms with Gasteiger partial charge in [-0.25, -0.2) is 0 Å². The maximum Gasteiger partial charge on any atom is 0.0461 e. The molecule has 1 aliphatic carbocycles. The topological polar surface area (TPSA) is 3.24 Å². The second kappa shape index (κ2) is 12.8. The van der Waals surface area contributed by atoms with Crippen LogP contribution in [0.25, 0.3) is 16.7 Å². The highest BCUT2D eigenvalue weighted by atomic mass is 15.1. The van der Waals surface area contributed by atoms with Crippen molar-refractivity contribution in [2.45, 2.75) is 26.7 Å². The first-order chi connectivity index (χ1) is 19.2. The molecule has 0 aliphatic heterocycles. The number of allylic oxidation sites excluding steroid dienone is 4. The molecule has 0 unspecified atom stereocenters. The zero-order chi connectivity index (χ0) is 26.9.